The van der Waals surface area contributed by atoms with Crippen LogP contribution in [0.1, 0.15) is 38.7 Å². The Hall–Kier alpha value is -2.11. The van der Waals surface area contributed by atoms with Crippen molar-refractivity contribution in [1.29, 1.82) is 0 Å². The highest BCUT2D eigenvalue weighted by Crippen LogP contribution is 2.34. The van der Waals surface area contributed by atoms with Crippen LogP contribution in [0.2, 0.25) is 0 Å². The van der Waals surface area contributed by atoms with Crippen molar-refractivity contribution in [2.75, 3.05) is 34.4 Å². The first-order valence-electron chi connectivity index (χ1n) is 8.51. The van der Waals surface area contributed by atoms with E-state index >= 15 is 0 Å². The number of rotatable bonds is 10. The summed E-state index contributed by atoms with van der Waals surface area (Å²) < 4.78 is 16.2. The van der Waals surface area contributed by atoms with E-state index in [4.69, 9.17) is 14.2 Å². The van der Waals surface area contributed by atoms with E-state index in [2.05, 4.69) is 29.5 Å². The zero-order chi connectivity index (χ0) is 17.8. The van der Waals surface area contributed by atoms with Gasteiger partial charge in [0.15, 0.2) is 5.96 Å². The maximum Gasteiger partial charge on any atom is 0.191 e. The van der Waals surface area contributed by atoms with E-state index in [1.807, 2.05) is 12.1 Å². The van der Waals surface area contributed by atoms with Crippen LogP contribution in [0.15, 0.2) is 17.1 Å². The molecule has 24 heavy (non-hydrogen) atoms. The smallest absolute Gasteiger partial charge is 0.191 e. The van der Waals surface area contributed by atoms with Crippen LogP contribution in [0.4, 0.5) is 0 Å². The summed E-state index contributed by atoms with van der Waals surface area (Å²) in [4.78, 5) is 4.65. The molecule has 1 rings (SSSR count). The lowest BCUT2D eigenvalue weighted by Gasteiger charge is -2.15. The maximum absolute atomic E-state index is 5.47. The van der Waals surface area contributed by atoms with E-state index in [0.717, 1.165) is 31.0 Å². The predicted molar refractivity (Wildman–Crippen MR) is 98.4 cm³/mol. The molecule has 0 heterocycles. The quantitative estimate of drug-likeness (QED) is 0.390. The number of hydrogen-bond donors (Lipinski definition) is 2. The van der Waals surface area contributed by atoms with Crippen LogP contribution in [0.5, 0.6) is 17.2 Å². The second kappa shape index (κ2) is 11.4. The van der Waals surface area contributed by atoms with Crippen LogP contribution in [0.3, 0.4) is 0 Å². The van der Waals surface area contributed by atoms with Crippen molar-refractivity contribution < 1.29 is 14.2 Å². The molecule has 0 aromatic heterocycles. The highest BCUT2D eigenvalue weighted by Gasteiger charge is 2.13. The first kappa shape index (κ1) is 19.9. The Morgan fingerprint density at radius 3 is 2.12 bits per heavy atom. The number of hydrogen-bond acceptors (Lipinski definition) is 4. The van der Waals surface area contributed by atoms with Crippen LogP contribution in [0.25, 0.3) is 0 Å². The average molecular weight is 337 g/mol. The normalized spacial score (nSPS) is 11.1. The van der Waals surface area contributed by atoms with Crippen molar-refractivity contribution >= 4 is 5.96 Å². The Labute approximate surface area is 145 Å². The van der Waals surface area contributed by atoms with Gasteiger partial charge in [0.25, 0.3) is 0 Å². The molecule has 0 saturated carbocycles. The zero-order valence-corrected chi connectivity index (χ0v) is 15.6. The average Bonchev–Trinajstić information content (AvgIpc) is 2.62. The molecule has 0 aliphatic rings. The number of nitrogens with one attached hydrogen (secondary N) is 2. The molecule has 2 N–H and O–H groups in total. The first-order chi connectivity index (χ1) is 11.7. The van der Waals surface area contributed by atoms with Gasteiger partial charge in [-0.25, -0.2) is 4.99 Å². The fourth-order valence-electron chi connectivity index (χ4n) is 2.32. The fourth-order valence-corrected chi connectivity index (χ4v) is 2.32. The second-order valence-corrected chi connectivity index (χ2v) is 5.34. The lowest BCUT2D eigenvalue weighted by atomic mass is 10.1. The van der Waals surface area contributed by atoms with Crippen molar-refractivity contribution in [3.8, 4) is 17.2 Å². The number of ether oxygens (including phenoxy) is 3. The van der Waals surface area contributed by atoms with Crippen molar-refractivity contribution in [1.82, 2.24) is 10.6 Å². The van der Waals surface area contributed by atoms with Gasteiger partial charge in [-0.3, -0.25) is 0 Å². The third-order valence-electron chi connectivity index (χ3n) is 3.63. The fraction of sp³-hybridized carbons (Fsp3) is 0.611. The van der Waals surface area contributed by atoms with Crippen molar-refractivity contribution in [2.24, 2.45) is 4.99 Å². The number of guanidine groups is 1. The summed E-state index contributed by atoms with van der Waals surface area (Å²) in [5.74, 6) is 2.91. The van der Waals surface area contributed by atoms with E-state index in [9.17, 15) is 0 Å². The summed E-state index contributed by atoms with van der Waals surface area (Å²) in [5, 5.41) is 6.62. The minimum Gasteiger partial charge on any atom is -0.496 e. The highest BCUT2D eigenvalue weighted by molar-refractivity contribution is 5.79. The molecular weight excluding hydrogens is 306 g/mol. The predicted octanol–water partition coefficient (Wildman–Crippen LogP) is 2.96. The molecule has 1 aromatic rings. The lowest BCUT2D eigenvalue weighted by molar-refractivity contribution is 0.369. The molecule has 0 fully saturated rings. The van der Waals surface area contributed by atoms with E-state index < -0.39 is 0 Å². The number of methoxy groups -OCH3 is 3. The van der Waals surface area contributed by atoms with Gasteiger partial charge in [0.05, 0.1) is 33.4 Å². The SMILES string of the molecule is CCCCCNC(=NCc1c(OC)cc(OC)cc1OC)NCC. The minimum absolute atomic E-state index is 0.458. The molecule has 6 nitrogen and oxygen atoms in total. The molecule has 0 amide bonds. The number of benzene rings is 1. The summed E-state index contributed by atoms with van der Waals surface area (Å²) >= 11 is 0. The summed E-state index contributed by atoms with van der Waals surface area (Å²) in [6.45, 7) is 6.44. The van der Waals surface area contributed by atoms with Gasteiger partial charge in [0, 0.05) is 25.2 Å². The molecule has 0 unspecified atom stereocenters. The van der Waals surface area contributed by atoms with Crippen LogP contribution in [0, 0.1) is 0 Å². The third-order valence-corrected chi connectivity index (χ3v) is 3.63. The Balaban J connectivity index is 2.90. The Kier molecular flexibility index (Phi) is 9.49. The van der Waals surface area contributed by atoms with E-state index in [0.29, 0.717) is 23.8 Å². The minimum atomic E-state index is 0.458. The molecule has 6 heteroatoms. The lowest BCUT2D eigenvalue weighted by Crippen LogP contribution is -2.37. The van der Waals surface area contributed by atoms with Crippen LogP contribution in [-0.2, 0) is 6.54 Å². The van der Waals surface area contributed by atoms with Crippen LogP contribution >= 0.6 is 0 Å². The van der Waals surface area contributed by atoms with Crippen molar-refractivity contribution in [2.45, 2.75) is 39.7 Å². The number of unbranched alkanes of at least 4 members (excludes halogenated alkanes) is 2. The number of aliphatic imine (C=N–C) groups is 1. The zero-order valence-electron chi connectivity index (χ0n) is 15.6. The molecule has 0 aliphatic heterocycles. The number of nitrogens with zero attached hydrogens (tertiary/aromatic N) is 1. The van der Waals surface area contributed by atoms with Gasteiger partial charge in [-0.15, -0.1) is 0 Å². The van der Waals surface area contributed by atoms with Crippen molar-refractivity contribution in [3.63, 3.8) is 0 Å². The van der Waals surface area contributed by atoms with Gasteiger partial charge < -0.3 is 24.8 Å². The molecule has 136 valence electrons. The summed E-state index contributed by atoms with van der Waals surface area (Å²) in [5.41, 5.74) is 0.895. The molecule has 0 aliphatic carbocycles. The van der Waals surface area contributed by atoms with Gasteiger partial charge in [0.2, 0.25) is 0 Å². The molecule has 0 spiro atoms. The molecule has 1 aromatic carbocycles. The first-order valence-corrected chi connectivity index (χ1v) is 8.51. The summed E-state index contributed by atoms with van der Waals surface area (Å²) in [6.07, 6.45) is 3.55. The molecule has 0 radical (unpaired) electrons. The Morgan fingerprint density at radius 1 is 0.958 bits per heavy atom. The van der Waals surface area contributed by atoms with E-state index in [1.54, 1.807) is 21.3 Å². The largest absolute Gasteiger partial charge is 0.496 e. The third kappa shape index (κ3) is 6.18. The highest BCUT2D eigenvalue weighted by atomic mass is 16.5. The topological polar surface area (TPSA) is 64.1 Å². The van der Waals surface area contributed by atoms with Crippen LogP contribution < -0.4 is 24.8 Å². The van der Waals surface area contributed by atoms with Crippen molar-refractivity contribution in [3.05, 3.63) is 17.7 Å². The molecule has 0 atom stereocenters. The van der Waals surface area contributed by atoms with Crippen LogP contribution in [-0.4, -0.2) is 40.4 Å². The molecule has 0 bridgehead atoms. The van der Waals surface area contributed by atoms with Gasteiger partial charge >= 0.3 is 0 Å². The second-order valence-electron chi connectivity index (χ2n) is 5.34. The molecule has 0 saturated heterocycles. The standard InChI is InChI=1S/C18H31N3O3/c1-6-8-9-10-20-18(19-7-2)21-13-15-16(23-4)11-14(22-3)12-17(15)24-5/h11-12H,6-10,13H2,1-5H3,(H2,19,20,21). The van der Waals surface area contributed by atoms with E-state index in [1.165, 1.54) is 12.8 Å². The Bertz CT molecular complexity index is 493. The van der Waals surface area contributed by atoms with Gasteiger partial charge in [-0.1, -0.05) is 19.8 Å². The van der Waals surface area contributed by atoms with E-state index in [-0.39, 0.29) is 0 Å². The Morgan fingerprint density at radius 2 is 1.62 bits per heavy atom. The molecular formula is C18H31N3O3. The summed E-state index contributed by atoms with van der Waals surface area (Å²) in [7, 11) is 4.89. The van der Waals surface area contributed by atoms with Gasteiger partial charge in [-0.05, 0) is 13.3 Å². The summed E-state index contributed by atoms with van der Waals surface area (Å²) in [6, 6.07) is 3.68. The monoisotopic (exact) mass is 337 g/mol. The maximum atomic E-state index is 5.47. The van der Waals surface area contributed by atoms with Gasteiger partial charge in [-0.2, -0.15) is 0 Å². The van der Waals surface area contributed by atoms with Gasteiger partial charge in [0.1, 0.15) is 17.2 Å².